The lowest BCUT2D eigenvalue weighted by Gasteiger charge is -2.54. The van der Waals surface area contributed by atoms with Crippen LogP contribution in [0.5, 0.6) is 0 Å². The minimum absolute atomic E-state index is 0.00584. The molecule has 0 aliphatic heterocycles. The van der Waals surface area contributed by atoms with Crippen LogP contribution in [-0.4, -0.2) is 9.78 Å². The molecule has 4 aliphatic rings. The summed E-state index contributed by atoms with van der Waals surface area (Å²) in [5.41, 5.74) is 6.34. The molecule has 1 aromatic heterocycles. The topological polar surface area (TPSA) is 63.8 Å². The van der Waals surface area contributed by atoms with E-state index in [0.717, 1.165) is 29.2 Å². The van der Waals surface area contributed by atoms with Crippen molar-refractivity contribution < 1.29 is 0 Å². The van der Waals surface area contributed by atoms with E-state index in [1.165, 1.54) is 32.1 Å². The molecule has 0 atom stereocenters. The summed E-state index contributed by atoms with van der Waals surface area (Å²) in [5, 5.41) is 3.00. The van der Waals surface area contributed by atoms with Gasteiger partial charge in [0.25, 0.3) is 5.56 Å². The molecule has 4 nitrogen and oxygen atoms in total. The third-order valence-electron chi connectivity index (χ3n) is 5.54. The van der Waals surface area contributed by atoms with Gasteiger partial charge in [0.05, 0.1) is 11.6 Å². The number of hydrogen-bond acceptors (Lipinski definition) is 2. The number of H-pyrrole nitrogens is 1. The lowest BCUT2D eigenvalue weighted by atomic mass is 9.54. The Bertz CT molecular complexity index is 487. The van der Waals surface area contributed by atoms with Crippen molar-refractivity contribution in [1.29, 1.82) is 0 Å². The molecule has 4 heteroatoms. The Morgan fingerprint density at radius 2 is 1.78 bits per heavy atom. The molecule has 0 saturated heterocycles. The highest BCUT2D eigenvalue weighted by atomic mass is 16.1. The maximum Gasteiger partial charge on any atom is 0.268 e. The zero-order valence-corrected chi connectivity index (χ0v) is 10.6. The van der Waals surface area contributed by atoms with Gasteiger partial charge in [-0.1, -0.05) is 0 Å². The van der Waals surface area contributed by atoms with Crippen LogP contribution >= 0.6 is 0 Å². The molecule has 4 bridgehead atoms. The van der Waals surface area contributed by atoms with Gasteiger partial charge >= 0.3 is 0 Å². The van der Waals surface area contributed by atoms with E-state index in [9.17, 15) is 4.79 Å². The fourth-order valence-corrected chi connectivity index (χ4v) is 5.10. The van der Waals surface area contributed by atoms with Crippen molar-refractivity contribution in [1.82, 2.24) is 9.78 Å². The second-order valence-electron chi connectivity index (χ2n) is 6.63. The van der Waals surface area contributed by atoms with Crippen molar-refractivity contribution in [2.75, 3.05) is 0 Å². The molecule has 18 heavy (non-hydrogen) atoms. The number of nitrogens with zero attached hydrogens (tertiary/aromatic N) is 1. The summed E-state index contributed by atoms with van der Waals surface area (Å²) in [6.45, 7) is 0.343. The van der Waals surface area contributed by atoms with Gasteiger partial charge in [0, 0.05) is 12.7 Å². The van der Waals surface area contributed by atoms with Gasteiger partial charge in [-0.2, -0.15) is 0 Å². The SMILES string of the molecule is NCc1cn(C2C3CC4CC(C3)CC2C4)[nH]c1=O. The van der Waals surface area contributed by atoms with E-state index in [1.54, 1.807) is 0 Å². The van der Waals surface area contributed by atoms with Gasteiger partial charge in [0.1, 0.15) is 0 Å². The van der Waals surface area contributed by atoms with Crippen LogP contribution in [0.25, 0.3) is 0 Å². The van der Waals surface area contributed by atoms with E-state index in [2.05, 4.69) is 9.78 Å². The van der Waals surface area contributed by atoms with Crippen molar-refractivity contribution in [3.8, 4) is 0 Å². The molecule has 5 rings (SSSR count). The number of nitrogens with two attached hydrogens (primary N) is 1. The Labute approximate surface area is 107 Å². The largest absolute Gasteiger partial charge is 0.326 e. The molecule has 0 unspecified atom stereocenters. The molecule has 0 aromatic carbocycles. The Morgan fingerprint density at radius 1 is 1.17 bits per heavy atom. The van der Waals surface area contributed by atoms with Crippen molar-refractivity contribution >= 4 is 0 Å². The Hall–Kier alpha value is -1.03. The molecule has 0 radical (unpaired) electrons. The molecule has 0 amide bonds. The van der Waals surface area contributed by atoms with Crippen molar-refractivity contribution in [2.24, 2.45) is 29.4 Å². The predicted octanol–water partition coefficient (Wildman–Crippen LogP) is 1.63. The highest BCUT2D eigenvalue weighted by Crippen LogP contribution is 2.57. The van der Waals surface area contributed by atoms with E-state index >= 15 is 0 Å². The lowest BCUT2D eigenvalue weighted by molar-refractivity contribution is -0.0338. The fraction of sp³-hybridized carbons (Fsp3) is 0.786. The maximum atomic E-state index is 11.8. The summed E-state index contributed by atoms with van der Waals surface area (Å²) in [6.07, 6.45) is 8.92. The smallest absolute Gasteiger partial charge is 0.268 e. The molecule has 4 saturated carbocycles. The van der Waals surface area contributed by atoms with Gasteiger partial charge in [0.15, 0.2) is 0 Å². The zero-order valence-electron chi connectivity index (χ0n) is 10.6. The van der Waals surface area contributed by atoms with Crippen LogP contribution in [0.2, 0.25) is 0 Å². The van der Waals surface area contributed by atoms with Gasteiger partial charge in [-0.25, -0.2) is 0 Å². The first kappa shape index (κ1) is 10.9. The maximum absolute atomic E-state index is 11.8. The van der Waals surface area contributed by atoms with Crippen LogP contribution in [0.3, 0.4) is 0 Å². The first-order chi connectivity index (χ1) is 8.74. The molecular weight excluding hydrogens is 226 g/mol. The predicted molar refractivity (Wildman–Crippen MR) is 69.0 cm³/mol. The molecule has 0 spiro atoms. The molecular formula is C14H21N3O. The number of rotatable bonds is 2. The second kappa shape index (κ2) is 3.73. The summed E-state index contributed by atoms with van der Waals surface area (Å²) >= 11 is 0. The first-order valence-corrected chi connectivity index (χ1v) is 7.24. The number of aromatic nitrogens is 2. The average Bonchev–Trinajstić information content (AvgIpc) is 2.69. The summed E-state index contributed by atoms with van der Waals surface area (Å²) in [4.78, 5) is 11.8. The summed E-state index contributed by atoms with van der Waals surface area (Å²) in [6, 6.07) is 0.533. The Morgan fingerprint density at radius 3 is 2.28 bits per heavy atom. The van der Waals surface area contributed by atoms with E-state index < -0.39 is 0 Å². The lowest BCUT2D eigenvalue weighted by Crippen LogP contribution is -2.46. The highest BCUT2D eigenvalue weighted by Gasteiger charge is 2.49. The minimum atomic E-state index is 0.00584. The number of hydrogen-bond donors (Lipinski definition) is 2. The number of aromatic amines is 1. The molecule has 1 aromatic rings. The van der Waals surface area contributed by atoms with Gasteiger partial charge < -0.3 is 5.73 Å². The monoisotopic (exact) mass is 247 g/mol. The zero-order chi connectivity index (χ0) is 12.3. The highest BCUT2D eigenvalue weighted by molar-refractivity contribution is 5.07. The molecule has 4 aliphatic carbocycles. The van der Waals surface area contributed by atoms with Crippen LogP contribution in [0.4, 0.5) is 0 Å². The standard InChI is InChI=1S/C14H21N3O/c15-6-12-7-17(16-14(12)18)13-10-2-8-1-9(4-10)5-11(13)3-8/h7-11,13H,1-6,15H2,(H,16,18). The first-order valence-electron chi connectivity index (χ1n) is 7.24. The normalized spacial score (nSPS) is 41.5. The van der Waals surface area contributed by atoms with Crippen LogP contribution < -0.4 is 11.3 Å². The quantitative estimate of drug-likeness (QED) is 0.834. The summed E-state index contributed by atoms with van der Waals surface area (Å²) < 4.78 is 2.09. The fourth-order valence-electron chi connectivity index (χ4n) is 5.10. The van der Waals surface area contributed by atoms with Gasteiger partial charge in [-0.15, -0.1) is 0 Å². The summed E-state index contributed by atoms with van der Waals surface area (Å²) in [7, 11) is 0. The van der Waals surface area contributed by atoms with Gasteiger partial charge in [0.2, 0.25) is 0 Å². The third-order valence-corrected chi connectivity index (χ3v) is 5.54. The second-order valence-corrected chi connectivity index (χ2v) is 6.63. The average molecular weight is 247 g/mol. The van der Waals surface area contributed by atoms with Gasteiger partial charge in [-0.3, -0.25) is 14.6 Å². The molecule has 1 heterocycles. The molecule has 3 N–H and O–H groups in total. The van der Waals surface area contributed by atoms with Crippen LogP contribution in [0.1, 0.15) is 43.7 Å². The summed E-state index contributed by atoms with van der Waals surface area (Å²) in [5.74, 6) is 3.52. The molecule has 98 valence electrons. The van der Waals surface area contributed by atoms with E-state index in [0.29, 0.717) is 12.6 Å². The number of nitrogens with one attached hydrogen (secondary N) is 1. The van der Waals surface area contributed by atoms with E-state index in [-0.39, 0.29) is 5.56 Å². The Kier molecular flexibility index (Phi) is 2.25. The van der Waals surface area contributed by atoms with Gasteiger partial charge in [-0.05, 0) is 55.8 Å². The van der Waals surface area contributed by atoms with Crippen LogP contribution in [-0.2, 0) is 6.54 Å². The van der Waals surface area contributed by atoms with Crippen molar-refractivity contribution in [3.63, 3.8) is 0 Å². The van der Waals surface area contributed by atoms with Crippen molar-refractivity contribution in [3.05, 3.63) is 22.1 Å². The van der Waals surface area contributed by atoms with E-state index in [1.807, 2.05) is 6.20 Å². The van der Waals surface area contributed by atoms with Crippen molar-refractivity contribution in [2.45, 2.75) is 44.7 Å². The Balaban J connectivity index is 1.70. The van der Waals surface area contributed by atoms with Crippen LogP contribution in [0, 0.1) is 23.7 Å². The van der Waals surface area contributed by atoms with Crippen LogP contribution in [0.15, 0.2) is 11.0 Å². The minimum Gasteiger partial charge on any atom is -0.326 e. The van der Waals surface area contributed by atoms with E-state index in [4.69, 9.17) is 5.73 Å². The third kappa shape index (κ3) is 1.44. The molecule has 4 fully saturated rings.